The third kappa shape index (κ3) is 4.27. The molecule has 0 unspecified atom stereocenters. The smallest absolute Gasteiger partial charge is 0.338 e. The summed E-state index contributed by atoms with van der Waals surface area (Å²) in [6.07, 6.45) is 0. The van der Waals surface area contributed by atoms with Crippen LogP contribution in [0.1, 0.15) is 28.4 Å². The van der Waals surface area contributed by atoms with Gasteiger partial charge in [0.25, 0.3) is 0 Å². The number of nitriles is 1. The zero-order valence-corrected chi connectivity index (χ0v) is 14.9. The fourth-order valence-corrected chi connectivity index (χ4v) is 2.64. The van der Waals surface area contributed by atoms with E-state index in [1.165, 1.54) is 7.11 Å². The number of halogens is 1. The number of benzene rings is 2. The standard InChI is InChI=1S/C18H16BrNO4/c1-3-23-17-15(19)8-14(9-16(17)22-2)18(21)24-11-13-6-4-5-12(7-13)10-20/h4-9H,3,11H2,1-2H3. The summed E-state index contributed by atoms with van der Waals surface area (Å²) in [6, 6.07) is 12.2. The van der Waals surface area contributed by atoms with Crippen LogP contribution in [0.4, 0.5) is 0 Å². The molecule has 5 nitrogen and oxygen atoms in total. The zero-order valence-electron chi connectivity index (χ0n) is 13.3. The molecular formula is C18H16BrNO4. The molecule has 0 N–H and O–H groups in total. The van der Waals surface area contributed by atoms with Crippen LogP contribution in [0.2, 0.25) is 0 Å². The second kappa shape index (κ2) is 8.37. The number of methoxy groups -OCH3 is 1. The molecule has 0 aliphatic heterocycles. The lowest BCUT2D eigenvalue weighted by Crippen LogP contribution is -2.07. The van der Waals surface area contributed by atoms with E-state index in [1.54, 1.807) is 36.4 Å². The molecule has 2 aromatic rings. The summed E-state index contributed by atoms with van der Waals surface area (Å²) < 4.78 is 16.7. The highest BCUT2D eigenvalue weighted by molar-refractivity contribution is 9.10. The lowest BCUT2D eigenvalue weighted by Gasteiger charge is -2.13. The largest absolute Gasteiger partial charge is 0.493 e. The van der Waals surface area contributed by atoms with Gasteiger partial charge < -0.3 is 14.2 Å². The van der Waals surface area contributed by atoms with Gasteiger partial charge >= 0.3 is 5.97 Å². The maximum atomic E-state index is 12.3. The molecule has 6 heteroatoms. The monoisotopic (exact) mass is 389 g/mol. The topological polar surface area (TPSA) is 68.5 Å². The Morgan fingerprint density at radius 3 is 2.75 bits per heavy atom. The van der Waals surface area contributed by atoms with Crippen molar-refractivity contribution in [3.63, 3.8) is 0 Å². The van der Waals surface area contributed by atoms with Crippen LogP contribution in [0.5, 0.6) is 11.5 Å². The van der Waals surface area contributed by atoms with Gasteiger partial charge in [-0.05, 0) is 52.7 Å². The average Bonchev–Trinajstić information content (AvgIpc) is 2.61. The minimum Gasteiger partial charge on any atom is -0.493 e. The molecular weight excluding hydrogens is 374 g/mol. The predicted molar refractivity (Wildman–Crippen MR) is 92.1 cm³/mol. The van der Waals surface area contributed by atoms with Crippen LogP contribution < -0.4 is 9.47 Å². The van der Waals surface area contributed by atoms with Crippen molar-refractivity contribution in [3.05, 3.63) is 57.6 Å². The molecule has 0 amide bonds. The van der Waals surface area contributed by atoms with Crippen LogP contribution in [0.3, 0.4) is 0 Å². The number of rotatable bonds is 6. The third-order valence-electron chi connectivity index (χ3n) is 3.18. The van der Waals surface area contributed by atoms with Gasteiger partial charge in [-0.2, -0.15) is 5.26 Å². The van der Waals surface area contributed by atoms with Crippen LogP contribution in [0.15, 0.2) is 40.9 Å². The van der Waals surface area contributed by atoms with Crippen LogP contribution in [0, 0.1) is 11.3 Å². The van der Waals surface area contributed by atoms with Gasteiger partial charge in [0.15, 0.2) is 11.5 Å². The highest BCUT2D eigenvalue weighted by Gasteiger charge is 2.16. The first-order chi connectivity index (χ1) is 11.6. The van der Waals surface area contributed by atoms with E-state index in [-0.39, 0.29) is 6.61 Å². The molecule has 0 aromatic heterocycles. The molecule has 0 saturated carbocycles. The average molecular weight is 390 g/mol. The Morgan fingerprint density at radius 1 is 1.29 bits per heavy atom. The number of ether oxygens (including phenoxy) is 3. The highest BCUT2D eigenvalue weighted by Crippen LogP contribution is 2.36. The minimum absolute atomic E-state index is 0.0848. The first kappa shape index (κ1) is 17.8. The normalized spacial score (nSPS) is 9.92. The van der Waals surface area contributed by atoms with Crippen molar-refractivity contribution in [1.29, 1.82) is 5.26 Å². The minimum atomic E-state index is -0.487. The van der Waals surface area contributed by atoms with Crippen molar-refractivity contribution < 1.29 is 19.0 Å². The van der Waals surface area contributed by atoms with E-state index >= 15 is 0 Å². The van der Waals surface area contributed by atoms with Gasteiger partial charge in [0, 0.05) is 0 Å². The SMILES string of the molecule is CCOc1c(Br)cc(C(=O)OCc2cccc(C#N)c2)cc1OC. The van der Waals surface area contributed by atoms with Crippen LogP contribution in [0.25, 0.3) is 0 Å². The lowest BCUT2D eigenvalue weighted by molar-refractivity contribution is 0.0472. The van der Waals surface area contributed by atoms with Gasteiger partial charge in [-0.15, -0.1) is 0 Å². The molecule has 124 valence electrons. The van der Waals surface area contributed by atoms with E-state index in [2.05, 4.69) is 22.0 Å². The maximum Gasteiger partial charge on any atom is 0.338 e. The molecule has 24 heavy (non-hydrogen) atoms. The summed E-state index contributed by atoms with van der Waals surface area (Å²) in [6.45, 7) is 2.43. The predicted octanol–water partition coefficient (Wildman–Crippen LogP) is 4.09. The fraction of sp³-hybridized carbons (Fsp3) is 0.222. The van der Waals surface area contributed by atoms with Crippen molar-refractivity contribution in [2.75, 3.05) is 13.7 Å². The second-order valence-electron chi connectivity index (χ2n) is 4.81. The highest BCUT2D eigenvalue weighted by atomic mass is 79.9. The molecule has 2 rings (SSSR count). The summed E-state index contributed by atoms with van der Waals surface area (Å²) in [5.41, 5.74) is 1.62. The Balaban J connectivity index is 2.14. The first-order valence-electron chi connectivity index (χ1n) is 7.25. The van der Waals surface area contributed by atoms with Gasteiger partial charge in [-0.1, -0.05) is 12.1 Å². The van der Waals surface area contributed by atoms with E-state index in [4.69, 9.17) is 19.5 Å². The van der Waals surface area contributed by atoms with Gasteiger partial charge in [0.2, 0.25) is 0 Å². The molecule has 0 aliphatic rings. The molecule has 2 aromatic carbocycles. The summed E-state index contributed by atoms with van der Waals surface area (Å²) in [4.78, 5) is 12.3. The first-order valence-corrected chi connectivity index (χ1v) is 8.04. The van der Waals surface area contributed by atoms with Crippen molar-refractivity contribution in [2.45, 2.75) is 13.5 Å². The second-order valence-corrected chi connectivity index (χ2v) is 5.67. The van der Waals surface area contributed by atoms with Gasteiger partial charge in [0.1, 0.15) is 6.61 Å². The van der Waals surface area contributed by atoms with Gasteiger partial charge in [-0.3, -0.25) is 0 Å². The molecule has 0 fully saturated rings. The fourth-order valence-electron chi connectivity index (χ4n) is 2.08. The Kier molecular flexibility index (Phi) is 6.21. The summed E-state index contributed by atoms with van der Waals surface area (Å²) in [5, 5.41) is 8.89. The Hall–Kier alpha value is -2.52. The summed E-state index contributed by atoms with van der Waals surface area (Å²) in [7, 11) is 1.51. The van der Waals surface area contributed by atoms with E-state index in [0.717, 1.165) is 5.56 Å². The molecule has 0 atom stereocenters. The van der Waals surface area contributed by atoms with E-state index in [0.29, 0.717) is 33.7 Å². The Labute approximate surface area is 148 Å². The number of esters is 1. The summed E-state index contributed by atoms with van der Waals surface area (Å²) >= 11 is 3.37. The molecule has 0 saturated heterocycles. The quantitative estimate of drug-likeness (QED) is 0.696. The maximum absolute atomic E-state index is 12.3. The Bertz CT molecular complexity index is 783. The zero-order chi connectivity index (χ0) is 17.5. The van der Waals surface area contributed by atoms with E-state index in [1.807, 2.05) is 6.92 Å². The molecule has 0 bridgehead atoms. The van der Waals surface area contributed by atoms with Crippen molar-refractivity contribution >= 4 is 21.9 Å². The number of hydrogen-bond donors (Lipinski definition) is 0. The van der Waals surface area contributed by atoms with E-state index in [9.17, 15) is 4.79 Å². The van der Waals surface area contributed by atoms with Crippen molar-refractivity contribution in [1.82, 2.24) is 0 Å². The molecule has 0 radical (unpaired) electrons. The number of carbonyl (C=O) groups is 1. The third-order valence-corrected chi connectivity index (χ3v) is 3.77. The van der Waals surface area contributed by atoms with Gasteiger partial charge in [-0.25, -0.2) is 4.79 Å². The Morgan fingerprint density at radius 2 is 2.08 bits per heavy atom. The van der Waals surface area contributed by atoms with Crippen molar-refractivity contribution in [2.24, 2.45) is 0 Å². The summed E-state index contributed by atoms with van der Waals surface area (Å²) in [5.74, 6) is 0.502. The number of hydrogen-bond acceptors (Lipinski definition) is 5. The van der Waals surface area contributed by atoms with Crippen LogP contribution >= 0.6 is 15.9 Å². The van der Waals surface area contributed by atoms with Crippen LogP contribution in [-0.2, 0) is 11.3 Å². The number of nitrogens with zero attached hydrogens (tertiary/aromatic N) is 1. The molecule has 0 spiro atoms. The van der Waals surface area contributed by atoms with Gasteiger partial charge in [0.05, 0.1) is 35.4 Å². The molecule has 0 heterocycles. The molecule has 0 aliphatic carbocycles. The lowest BCUT2D eigenvalue weighted by atomic mass is 10.1. The number of carbonyl (C=O) groups excluding carboxylic acids is 1. The van der Waals surface area contributed by atoms with Crippen molar-refractivity contribution in [3.8, 4) is 17.6 Å². The van der Waals surface area contributed by atoms with Crippen LogP contribution in [-0.4, -0.2) is 19.7 Å². The van der Waals surface area contributed by atoms with E-state index < -0.39 is 5.97 Å².